The number of imidazole rings is 1. The Bertz CT molecular complexity index is 607. The van der Waals surface area contributed by atoms with E-state index in [4.69, 9.17) is 0 Å². The number of esters is 1. The van der Waals surface area contributed by atoms with Crippen molar-refractivity contribution in [3.8, 4) is 0 Å². The second-order valence-electron chi connectivity index (χ2n) is 3.69. The van der Waals surface area contributed by atoms with Crippen LogP contribution in [0.15, 0.2) is 18.5 Å². The van der Waals surface area contributed by atoms with Gasteiger partial charge in [-0.2, -0.15) is 13.2 Å². The SMILES string of the molecule is CCOC(=O)Cn1c(C(F)(F)F)nc2ccncc21. The van der Waals surface area contributed by atoms with Crippen LogP contribution in [-0.4, -0.2) is 27.1 Å². The van der Waals surface area contributed by atoms with Gasteiger partial charge in [-0.05, 0) is 13.0 Å². The van der Waals surface area contributed by atoms with Gasteiger partial charge in [-0.3, -0.25) is 9.78 Å². The molecule has 0 atom stereocenters. The summed E-state index contributed by atoms with van der Waals surface area (Å²) in [4.78, 5) is 18.6. The van der Waals surface area contributed by atoms with Gasteiger partial charge in [0.1, 0.15) is 6.54 Å². The lowest BCUT2D eigenvalue weighted by atomic mass is 10.4. The zero-order valence-electron chi connectivity index (χ0n) is 9.94. The maximum atomic E-state index is 12.9. The maximum absolute atomic E-state index is 12.9. The molecule has 0 amide bonds. The molecule has 5 nitrogen and oxygen atoms in total. The smallest absolute Gasteiger partial charge is 0.449 e. The molecule has 0 aliphatic rings. The zero-order valence-corrected chi connectivity index (χ0v) is 9.94. The van der Waals surface area contributed by atoms with Crippen LogP contribution >= 0.6 is 0 Å². The summed E-state index contributed by atoms with van der Waals surface area (Å²) >= 11 is 0. The third-order valence-corrected chi connectivity index (χ3v) is 2.40. The third-order valence-electron chi connectivity index (χ3n) is 2.40. The van der Waals surface area contributed by atoms with Crippen LogP contribution in [0.4, 0.5) is 13.2 Å². The average Bonchev–Trinajstić information content (AvgIpc) is 2.69. The van der Waals surface area contributed by atoms with E-state index < -0.39 is 24.5 Å². The summed E-state index contributed by atoms with van der Waals surface area (Å²) < 4.78 is 44.0. The van der Waals surface area contributed by atoms with E-state index in [0.717, 1.165) is 4.57 Å². The highest BCUT2D eigenvalue weighted by Gasteiger charge is 2.38. The second kappa shape index (κ2) is 4.87. The van der Waals surface area contributed by atoms with Gasteiger partial charge in [0.25, 0.3) is 0 Å². The Morgan fingerprint density at radius 3 is 2.84 bits per heavy atom. The first-order chi connectivity index (χ1) is 8.93. The summed E-state index contributed by atoms with van der Waals surface area (Å²) in [5.41, 5.74) is 0.273. The standard InChI is InChI=1S/C11H10F3N3O2/c1-2-19-9(18)6-17-8-5-15-4-3-7(8)16-10(17)11(12,13)14/h3-5H,2,6H2,1H3. The lowest BCUT2D eigenvalue weighted by molar-refractivity contribution is -0.150. The second-order valence-corrected chi connectivity index (χ2v) is 3.69. The fourth-order valence-corrected chi connectivity index (χ4v) is 1.68. The van der Waals surface area contributed by atoms with Gasteiger partial charge in [-0.15, -0.1) is 0 Å². The number of nitrogens with zero attached hydrogens (tertiary/aromatic N) is 3. The van der Waals surface area contributed by atoms with Crippen molar-refractivity contribution in [3.05, 3.63) is 24.3 Å². The summed E-state index contributed by atoms with van der Waals surface area (Å²) in [7, 11) is 0. The van der Waals surface area contributed by atoms with Crippen molar-refractivity contribution in [3.63, 3.8) is 0 Å². The molecule has 0 radical (unpaired) electrons. The van der Waals surface area contributed by atoms with Gasteiger partial charge in [0, 0.05) is 6.20 Å². The molecule has 2 heterocycles. The predicted octanol–water partition coefficient (Wildman–Crippen LogP) is 2.01. The Labute approximate surface area is 106 Å². The van der Waals surface area contributed by atoms with Crippen LogP contribution in [0.2, 0.25) is 0 Å². The van der Waals surface area contributed by atoms with Gasteiger partial charge in [0.2, 0.25) is 5.82 Å². The number of aromatic nitrogens is 3. The lowest BCUT2D eigenvalue weighted by Gasteiger charge is -2.10. The molecule has 0 saturated carbocycles. The predicted molar refractivity (Wildman–Crippen MR) is 59.2 cm³/mol. The fourth-order valence-electron chi connectivity index (χ4n) is 1.68. The van der Waals surface area contributed by atoms with E-state index in [0.29, 0.717) is 0 Å². The number of hydrogen-bond donors (Lipinski definition) is 0. The van der Waals surface area contributed by atoms with E-state index in [9.17, 15) is 18.0 Å². The van der Waals surface area contributed by atoms with Crippen molar-refractivity contribution >= 4 is 17.0 Å². The number of fused-ring (bicyclic) bond motifs is 1. The van der Waals surface area contributed by atoms with Crippen molar-refractivity contribution in [1.29, 1.82) is 0 Å². The lowest BCUT2D eigenvalue weighted by Crippen LogP contribution is -2.20. The molecule has 0 aliphatic heterocycles. The number of hydrogen-bond acceptors (Lipinski definition) is 4. The topological polar surface area (TPSA) is 57.0 Å². The van der Waals surface area contributed by atoms with E-state index in [2.05, 4.69) is 14.7 Å². The molecule has 8 heteroatoms. The summed E-state index contributed by atoms with van der Waals surface area (Å²) in [6.45, 7) is 1.13. The molecular formula is C11H10F3N3O2. The Kier molecular flexibility index (Phi) is 3.41. The normalized spacial score (nSPS) is 11.8. The van der Waals surface area contributed by atoms with E-state index in [1.165, 1.54) is 18.5 Å². The van der Waals surface area contributed by atoms with Crippen LogP contribution in [0.25, 0.3) is 11.0 Å². The van der Waals surface area contributed by atoms with E-state index >= 15 is 0 Å². The molecule has 0 saturated heterocycles. The molecule has 0 spiro atoms. The van der Waals surface area contributed by atoms with Gasteiger partial charge in [0.05, 0.1) is 23.8 Å². The summed E-state index contributed by atoms with van der Waals surface area (Å²) in [5.74, 6) is -1.89. The van der Waals surface area contributed by atoms with E-state index in [1.54, 1.807) is 6.92 Å². The fraction of sp³-hybridized carbons (Fsp3) is 0.364. The van der Waals surface area contributed by atoms with Crippen LogP contribution in [-0.2, 0) is 22.3 Å². The quantitative estimate of drug-likeness (QED) is 0.803. The number of rotatable bonds is 3. The molecule has 2 aromatic heterocycles. The van der Waals surface area contributed by atoms with Crippen LogP contribution in [0.1, 0.15) is 12.7 Å². The first-order valence-corrected chi connectivity index (χ1v) is 5.46. The molecule has 2 rings (SSSR count). The van der Waals surface area contributed by atoms with Gasteiger partial charge >= 0.3 is 12.1 Å². The van der Waals surface area contributed by atoms with Crippen LogP contribution < -0.4 is 0 Å². The first-order valence-electron chi connectivity index (χ1n) is 5.46. The minimum atomic E-state index is -4.65. The highest BCUT2D eigenvalue weighted by molar-refractivity contribution is 5.78. The van der Waals surface area contributed by atoms with E-state index in [-0.39, 0.29) is 17.6 Å². The Morgan fingerprint density at radius 1 is 1.47 bits per heavy atom. The number of halogens is 3. The van der Waals surface area contributed by atoms with Gasteiger partial charge in [-0.1, -0.05) is 0 Å². The van der Waals surface area contributed by atoms with Crippen molar-refractivity contribution < 1.29 is 22.7 Å². The van der Waals surface area contributed by atoms with Gasteiger partial charge in [-0.25, -0.2) is 4.98 Å². The van der Waals surface area contributed by atoms with E-state index in [1.807, 2.05) is 0 Å². The Morgan fingerprint density at radius 2 is 2.21 bits per heavy atom. The van der Waals surface area contributed by atoms with Crippen LogP contribution in [0.5, 0.6) is 0 Å². The minimum absolute atomic E-state index is 0.102. The molecule has 0 bridgehead atoms. The number of ether oxygens (including phenoxy) is 1. The number of carbonyl (C=O) groups is 1. The highest BCUT2D eigenvalue weighted by atomic mass is 19.4. The molecule has 19 heavy (non-hydrogen) atoms. The van der Waals surface area contributed by atoms with Crippen LogP contribution in [0.3, 0.4) is 0 Å². The maximum Gasteiger partial charge on any atom is 0.449 e. The number of carbonyl (C=O) groups excluding carboxylic acids is 1. The molecular weight excluding hydrogens is 263 g/mol. The van der Waals surface area contributed by atoms with Gasteiger partial charge in [0.15, 0.2) is 0 Å². The molecule has 2 aromatic rings. The zero-order chi connectivity index (χ0) is 14.0. The molecule has 0 unspecified atom stereocenters. The number of pyridine rings is 1. The minimum Gasteiger partial charge on any atom is -0.465 e. The average molecular weight is 273 g/mol. The largest absolute Gasteiger partial charge is 0.465 e. The van der Waals surface area contributed by atoms with Gasteiger partial charge < -0.3 is 9.30 Å². The number of alkyl halides is 3. The summed E-state index contributed by atoms with van der Waals surface area (Å²) in [5, 5.41) is 0. The molecule has 0 aliphatic carbocycles. The van der Waals surface area contributed by atoms with Crippen molar-refractivity contribution in [2.24, 2.45) is 0 Å². The molecule has 0 fully saturated rings. The first kappa shape index (κ1) is 13.3. The molecule has 0 aromatic carbocycles. The summed E-state index contributed by atoms with van der Waals surface area (Å²) in [6, 6.07) is 1.35. The Balaban J connectivity index is 2.52. The Hall–Kier alpha value is -2.12. The monoisotopic (exact) mass is 273 g/mol. The van der Waals surface area contributed by atoms with Crippen molar-refractivity contribution in [1.82, 2.24) is 14.5 Å². The van der Waals surface area contributed by atoms with Crippen molar-refractivity contribution in [2.45, 2.75) is 19.6 Å². The highest BCUT2D eigenvalue weighted by Crippen LogP contribution is 2.31. The summed E-state index contributed by atoms with van der Waals surface area (Å²) in [6.07, 6.45) is -2.08. The van der Waals surface area contributed by atoms with Crippen LogP contribution in [0, 0.1) is 0 Å². The third kappa shape index (κ3) is 2.67. The van der Waals surface area contributed by atoms with Crippen molar-refractivity contribution in [2.75, 3.05) is 6.61 Å². The molecule has 102 valence electrons. The molecule has 0 N–H and O–H groups in total.